The SMILES string of the molecule is CC1(C)CCCCC1C(=O)Cc1ccc(Br)cc1. The highest BCUT2D eigenvalue weighted by Gasteiger charge is 2.36. The van der Waals surface area contributed by atoms with Crippen LogP contribution in [0.1, 0.15) is 45.1 Å². The minimum atomic E-state index is 0.185. The van der Waals surface area contributed by atoms with Crippen LogP contribution in [-0.4, -0.2) is 5.78 Å². The van der Waals surface area contributed by atoms with E-state index in [0.29, 0.717) is 12.2 Å². The van der Waals surface area contributed by atoms with Crippen molar-refractivity contribution in [2.24, 2.45) is 11.3 Å². The molecule has 1 aliphatic carbocycles. The number of carbonyl (C=O) groups excluding carboxylic acids is 1. The zero-order valence-corrected chi connectivity index (χ0v) is 12.8. The van der Waals surface area contributed by atoms with Crippen LogP contribution in [0.5, 0.6) is 0 Å². The van der Waals surface area contributed by atoms with Crippen molar-refractivity contribution in [3.63, 3.8) is 0 Å². The molecule has 0 N–H and O–H groups in total. The predicted molar refractivity (Wildman–Crippen MR) is 78.6 cm³/mol. The van der Waals surface area contributed by atoms with Crippen molar-refractivity contribution >= 4 is 21.7 Å². The molecule has 98 valence electrons. The molecule has 1 nitrogen and oxygen atoms in total. The van der Waals surface area contributed by atoms with Crippen LogP contribution in [0, 0.1) is 11.3 Å². The topological polar surface area (TPSA) is 17.1 Å². The van der Waals surface area contributed by atoms with E-state index in [2.05, 4.69) is 29.8 Å². The number of benzene rings is 1. The Bertz CT molecular complexity index is 419. The van der Waals surface area contributed by atoms with Crippen molar-refractivity contribution in [2.45, 2.75) is 46.0 Å². The standard InChI is InChI=1S/C16H21BrO/c1-16(2)10-4-3-5-14(16)15(18)11-12-6-8-13(17)9-7-12/h6-9,14H,3-5,10-11H2,1-2H3. The number of hydrogen-bond donors (Lipinski definition) is 0. The maximum Gasteiger partial charge on any atom is 0.140 e. The van der Waals surface area contributed by atoms with E-state index in [1.807, 2.05) is 24.3 Å². The third-order valence-electron chi connectivity index (χ3n) is 4.19. The largest absolute Gasteiger partial charge is 0.299 e. The molecule has 0 amide bonds. The maximum atomic E-state index is 12.5. The third-order valence-corrected chi connectivity index (χ3v) is 4.72. The van der Waals surface area contributed by atoms with E-state index in [1.165, 1.54) is 19.3 Å². The predicted octanol–water partition coefficient (Wildman–Crippen LogP) is 4.78. The molecule has 2 rings (SSSR count). The quantitative estimate of drug-likeness (QED) is 0.785. The Kier molecular flexibility index (Phi) is 4.26. The van der Waals surface area contributed by atoms with Gasteiger partial charge in [0.25, 0.3) is 0 Å². The second kappa shape index (κ2) is 5.56. The molecule has 18 heavy (non-hydrogen) atoms. The fourth-order valence-corrected chi connectivity index (χ4v) is 3.28. The molecular formula is C16H21BrO. The lowest BCUT2D eigenvalue weighted by Gasteiger charge is -2.37. The normalized spacial score (nSPS) is 22.7. The molecule has 0 radical (unpaired) electrons. The third kappa shape index (κ3) is 3.23. The van der Waals surface area contributed by atoms with Gasteiger partial charge < -0.3 is 0 Å². The Balaban J connectivity index is 2.05. The van der Waals surface area contributed by atoms with Crippen molar-refractivity contribution in [3.8, 4) is 0 Å². The van der Waals surface area contributed by atoms with Gasteiger partial charge >= 0.3 is 0 Å². The van der Waals surface area contributed by atoms with Gasteiger partial charge in [-0.05, 0) is 36.0 Å². The van der Waals surface area contributed by atoms with Crippen molar-refractivity contribution in [3.05, 3.63) is 34.3 Å². The molecule has 0 bridgehead atoms. The number of carbonyl (C=O) groups is 1. The molecule has 1 aromatic rings. The van der Waals surface area contributed by atoms with Crippen molar-refractivity contribution in [2.75, 3.05) is 0 Å². The highest BCUT2D eigenvalue weighted by atomic mass is 79.9. The first-order valence-corrected chi connectivity index (χ1v) is 7.55. The molecule has 0 aromatic heterocycles. The van der Waals surface area contributed by atoms with E-state index in [9.17, 15) is 4.79 Å². The van der Waals surface area contributed by atoms with E-state index in [4.69, 9.17) is 0 Å². The van der Waals surface area contributed by atoms with E-state index in [-0.39, 0.29) is 11.3 Å². The van der Waals surface area contributed by atoms with Gasteiger partial charge in [-0.25, -0.2) is 0 Å². The van der Waals surface area contributed by atoms with E-state index in [0.717, 1.165) is 16.5 Å². The van der Waals surface area contributed by atoms with Crippen LogP contribution in [0.25, 0.3) is 0 Å². The summed E-state index contributed by atoms with van der Waals surface area (Å²) in [5.74, 6) is 0.664. The molecule has 0 heterocycles. The Hall–Kier alpha value is -0.630. The number of rotatable bonds is 3. The van der Waals surface area contributed by atoms with Gasteiger partial charge in [0, 0.05) is 16.8 Å². The van der Waals surface area contributed by atoms with Gasteiger partial charge in [0.05, 0.1) is 0 Å². The molecule has 1 aromatic carbocycles. The lowest BCUT2D eigenvalue weighted by Crippen LogP contribution is -2.34. The van der Waals surface area contributed by atoms with Crippen molar-refractivity contribution < 1.29 is 4.79 Å². The molecule has 2 heteroatoms. The second-order valence-electron chi connectivity index (χ2n) is 6.06. The zero-order valence-electron chi connectivity index (χ0n) is 11.2. The summed E-state index contributed by atoms with van der Waals surface area (Å²) < 4.78 is 1.07. The number of hydrogen-bond acceptors (Lipinski definition) is 1. The molecule has 0 saturated heterocycles. The van der Waals surface area contributed by atoms with Crippen LogP contribution in [0.2, 0.25) is 0 Å². The Morgan fingerprint density at radius 2 is 1.94 bits per heavy atom. The Morgan fingerprint density at radius 3 is 2.56 bits per heavy atom. The van der Waals surface area contributed by atoms with Gasteiger partial charge in [0.1, 0.15) is 5.78 Å². The van der Waals surface area contributed by atoms with Gasteiger partial charge in [-0.1, -0.05) is 54.8 Å². The number of Topliss-reactive ketones (excluding diaryl/α,β-unsaturated/α-hetero) is 1. The average molecular weight is 309 g/mol. The fraction of sp³-hybridized carbons (Fsp3) is 0.562. The number of ketones is 1. The Labute approximate surface area is 118 Å². The average Bonchev–Trinajstić information content (AvgIpc) is 2.31. The van der Waals surface area contributed by atoms with Crippen molar-refractivity contribution in [1.29, 1.82) is 0 Å². The van der Waals surface area contributed by atoms with Crippen LogP contribution in [0.15, 0.2) is 28.7 Å². The van der Waals surface area contributed by atoms with Gasteiger partial charge in [-0.2, -0.15) is 0 Å². The Morgan fingerprint density at radius 1 is 1.28 bits per heavy atom. The molecule has 0 aliphatic heterocycles. The molecule has 1 atom stereocenters. The summed E-state index contributed by atoms with van der Waals surface area (Å²) in [6.07, 6.45) is 5.32. The lowest BCUT2D eigenvalue weighted by molar-refractivity contribution is -0.127. The highest BCUT2D eigenvalue weighted by Crippen LogP contribution is 2.41. The monoisotopic (exact) mass is 308 g/mol. The molecule has 1 fully saturated rings. The van der Waals surface area contributed by atoms with Gasteiger partial charge in [0.15, 0.2) is 0 Å². The summed E-state index contributed by atoms with van der Waals surface area (Å²) in [6.45, 7) is 4.49. The summed E-state index contributed by atoms with van der Waals surface area (Å²) in [5.41, 5.74) is 1.31. The maximum absolute atomic E-state index is 12.5. The van der Waals surface area contributed by atoms with E-state index < -0.39 is 0 Å². The summed E-state index contributed by atoms with van der Waals surface area (Å²) in [5, 5.41) is 0. The molecule has 0 spiro atoms. The van der Waals surface area contributed by atoms with Gasteiger partial charge in [-0.3, -0.25) is 4.79 Å². The van der Waals surface area contributed by atoms with Crippen LogP contribution in [0.4, 0.5) is 0 Å². The minimum Gasteiger partial charge on any atom is -0.299 e. The summed E-state index contributed by atoms with van der Waals surface area (Å²) in [7, 11) is 0. The van der Waals surface area contributed by atoms with E-state index in [1.54, 1.807) is 0 Å². The van der Waals surface area contributed by atoms with Crippen molar-refractivity contribution in [1.82, 2.24) is 0 Å². The van der Waals surface area contributed by atoms with Crippen LogP contribution < -0.4 is 0 Å². The first kappa shape index (κ1) is 13.8. The molecule has 1 saturated carbocycles. The lowest BCUT2D eigenvalue weighted by atomic mass is 9.66. The fourth-order valence-electron chi connectivity index (χ4n) is 3.02. The summed E-state index contributed by atoms with van der Waals surface area (Å²) in [6, 6.07) is 8.10. The van der Waals surface area contributed by atoms with E-state index >= 15 is 0 Å². The highest BCUT2D eigenvalue weighted by molar-refractivity contribution is 9.10. The van der Waals surface area contributed by atoms with Gasteiger partial charge in [-0.15, -0.1) is 0 Å². The summed E-state index contributed by atoms with van der Waals surface area (Å²) in [4.78, 5) is 12.5. The van der Waals surface area contributed by atoms with Gasteiger partial charge in [0.2, 0.25) is 0 Å². The van der Waals surface area contributed by atoms with Crippen LogP contribution in [0.3, 0.4) is 0 Å². The first-order chi connectivity index (χ1) is 8.49. The first-order valence-electron chi connectivity index (χ1n) is 6.76. The van der Waals surface area contributed by atoms with Crippen LogP contribution in [-0.2, 0) is 11.2 Å². The summed E-state index contributed by atoms with van der Waals surface area (Å²) >= 11 is 3.42. The molecule has 1 aliphatic rings. The second-order valence-corrected chi connectivity index (χ2v) is 6.97. The minimum absolute atomic E-state index is 0.185. The number of halogens is 1. The zero-order chi connectivity index (χ0) is 13.2. The molecular weight excluding hydrogens is 288 g/mol. The van der Waals surface area contributed by atoms with Crippen LogP contribution >= 0.6 is 15.9 Å². The smallest absolute Gasteiger partial charge is 0.140 e. The molecule has 1 unspecified atom stereocenters.